The predicted octanol–water partition coefficient (Wildman–Crippen LogP) is 3.02. The minimum absolute atomic E-state index is 0.149. The molecule has 18 heavy (non-hydrogen) atoms. The minimum atomic E-state index is -5.29. The van der Waals surface area contributed by atoms with Crippen LogP contribution in [0.5, 0.6) is 0 Å². The zero-order chi connectivity index (χ0) is 14.0. The van der Waals surface area contributed by atoms with Crippen LogP contribution < -0.4 is 5.32 Å². The summed E-state index contributed by atoms with van der Waals surface area (Å²) in [5, 5.41) is 2.70. The Morgan fingerprint density at radius 1 is 1.28 bits per heavy atom. The van der Waals surface area contributed by atoms with Crippen molar-refractivity contribution in [3.8, 4) is 0 Å². The number of anilines is 1. The van der Waals surface area contributed by atoms with Gasteiger partial charge in [0.15, 0.2) is 0 Å². The number of hydrogen-bond donors (Lipinski definition) is 1. The molecule has 0 saturated heterocycles. The number of alkyl halides is 4. The van der Waals surface area contributed by atoms with Crippen LogP contribution in [0.2, 0.25) is 0 Å². The SMILES string of the molecule is CC(Cl)CNc1ccc(S(=O)(=O)C(F)(F)F)cc1. The first kappa shape index (κ1) is 15.1. The Balaban J connectivity index is 2.90. The Morgan fingerprint density at radius 3 is 2.17 bits per heavy atom. The third kappa shape index (κ3) is 3.52. The van der Waals surface area contributed by atoms with Crippen LogP contribution in [0.4, 0.5) is 18.9 Å². The summed E-state index contributed by atoms with van der Waals surface area (Å²) in [6, 6.07) is 4.34. The average Bonchev–Trinajstić information content (AvgIpc) is 2.25. The second kappa shape index (κ2) is 5.36. The van der Waals surface area contributed by atoms with Crippen molar-refractivity contribution in [2.45, 2.75) is 22.7 Å². The van der Waals surface area contributed by atoms with Gasteiger partial charge in [-0.15, -0.1) is 11.6 Å². The van der Waals surface area contributed by atoms with Crippen molar-refractivity contribution in [3.05, 3.63) is 24.3 Å². The van der Waals surface area contributed by atoms with Crippen LogP contribution in [0.25, 0.3) is 0 Å². The fourth-order valence-electron chi connectivity index (χ4n) is 1.14. The van der Waals surface area contributed by atoms with Gasteiger partial charge in [0, 0.05) is 17.6 Å². The van der Waals surface area contributed by atoms with E-state index in [4.69, 9.17) is 11.6 Å². The molecule has 0 aromatic heterocycles. The van der Waals surface area contributed by atoms with Crippen molar-refractivity contribution in [3.63, 3.8) is 0 Å². The van der Waals surface area contributed by atoms with Gasteiger partial charge in [-0.3, -0.25) is 0 Å². The van der Waals surface area contributed by atoms with Crippen molar-refractivity contribution in [1.29, 1.82) is 0 Å². The third-order valence-corrected chi connectivity index (χ3v) is 3.71. The first-order valence-corrected chi connectivity index (χ1v) is 6.86. The Labute approximate surface area is 108 Å². The van der Waals surface area contributed by atoms with Gasteiger partial charge in [0.05, 0.1) is 4.90 Å². The molecular formula is C10H11ClF3NO2S. The monoisotopic (exact) mass is 301 g/mol. The largest absolute Gasteiger partial charge is 0.501 e. The van der Waals surface area contributed by atoms with Gasteiger partial charge in [-0.2, -0.15) is 13.2 Å². The van der Waals surface area contributed by atoms with Gasteiger partial charge in [-0.05, 0) is 31.2 Å². The molecule has 1 rings (SSSR count). The van der Waals surface area contributed by atoms with Crippen LogP contribution in [0.15, 0.2) is 29.2 Å². The van der Waals surface area contributed by atoms with Gasteiger partial charge in [-0.25, -0.2) is 8.42 Å². The summed E-state index contributed by atoms with van der Waals surface area (Å²) < 4.78 is 58.9. The van der Waals surface area contributed by atoms with E-state index in [0.717, 1.165) is 12.1 Å². The van der Waals surface area contributed by atoms with Crippen LogP contribution in [0.3, 0.4) is 0 Å². The van der Waals surface area contributed by atoms with Crippen LogP contribution >= 0.6 is 11.6 Å². The van der Waals surface area contributed by atoms with Crippen molar-refractivity contribution >= 4 is 27.1 Å². The molecule has 0 radical (unpaired) electrons. The first-order valence-electron chi connectivity index (χ1n) is 4.94. The van der Waals surface area contributed by atoms with E-state index in [1.807, 2.05) is 0 Å². The lowest BCUT2D eigenvalue weighted by Gasteiger charge is -2.10. The normalized spacial score (nSPS) is 14.3. The highest BCUT2D eigenvalue weighted by molar-refractivity contribution is 7.92. The van der Waals surface area contributed by atoms with Gasteiger partial charge in [-0.1, -0.05) is 0 Å². The lowest BCUT2D eigenvalue weighted by molar-refractivity contribution is -0.0436. The highest BCUT2D eigenvalue weighted by Gasteiger charge is 2.46. The van der Waals surface area contributed by atoms with Gasteiger partial charge in [0.1, 0.15) is 0 Å². The Bertz CT molecular complexity index is 497. The van der Waals surface area contributed by atoms with E-state index in [9.17, 15) is 21.6 Å². The molecule has 102 valence electrons. The fraction of sp³-hybridized carbons (Fsp3) is 0.400. The topological polar surface area (TPSA) is 46.2 Å². The molecule has 0 aliphatic heterocycles. The van der Waals surface area contributed by atoms with Crippen molar-refractivity contribution in [2.24, 2.45) is 0 Å². The number of nitrogens with one attached hydrogen (secondary N) is 1. The quantitative estimate of drug-likeness (QED) is 0.870. The molecule has 0 heterocycles. The van der Waals surface area contributed by atoms with E-state index in [-0.39, 0.29) is 5.38 Å². The zero-order valence-corrected chi connectivity index (χ0v) is 10.9. The molecule has 1 atom stereocenters. The molecule has 0 fully saturated rings. The van der Waals surface area contributed by atoms with E-state index < -0.39 is 20.2 Å². The maximum Gasteiger partial charge on any atom is 0.501 e. The Hall–Kier alpha value is -0.950. The summed E-state index contributed by atoms with van der Waals surface area (Å²) >= 11 is 5.68. The second-order valence-electron chi connectivity index (χ2n) is 3.64. The van der Waals surface area contributed by atoms with E-state index in [0.29, 0.717) is 12.2 Å². The summed E-state index contributed by atoms with van der Waals surface area (Å²) in [5.74, 6) is 0. The molecule has 8 heteroatoms. The number of sulfone groups is 1. The summed E-state index contributed by atoms with van der Waals surface area (Å²) in [7, 11) is -5.28. The molecule has 1 N–H and O–H groups in total. The lowest BCUT2D eigenvalue weighted by Crippen LogP contribution is -2.23. The van der Waals surface area contributed by atoms with E-state index in [1.165, 1.54) is 12.1 Å². The number of hydrogen-bond acceptors (Lipinski definition) is 3. The number of rotatable bonds is 4. The van der Waals surface area contributed by atoms with Gasteiger partial charge in [0.25, 0.3) is 9.84 Å². The third-order valence-electron chi connectivity index (χ3n) is 2.06. The van der Waals surface area contributed by atoms with Gasteiger partial charge in [0.2, 0.25) is 0 Å². The summed E-state index contributed by atoms with van der Waals surface area (Å²) in [4.78, 5) is -0.778. The summed E-state index contributed by atoms with van der Waals surface area (Å²) in [6.07, 6.45) is 0. The molecule has 3 nitrogen and oxygen atoms in total. The first-order chi connectivity index (χ1) is 8.14. The fourth-order valence-corrected chi connectivity index (χ4v) is 1.98. The van der Waals surface area contributed by atoms with Crippen LogP contribution in [0, 0.1) is 0 Å². The van der Waals surface area contributed by atoms with Crippen LogP contribution in [-0.4, -0.2) is 25.8 Å². The molecular weight excluding hydrogens is 291 g/mol. The molecule has 1 aromatic rings. The maximum atomic E-state index is 12.3. The standard InChI is InChI=1S/C10H11ClF3NO2S/c1-7(11)6-15-8-2-4-9(5-3-8)18(16,17)10(12,13)14/h2-5,7,15H,6H2,1H3. The molecule has 0 saturated carbocycles. The van der Waals surface area contributed by atoms with Crippen molar-refractivity contribution in [2.75, 3.05) is 11.9 Å². The van der Waals surface area contributed by atoms with Gasteiger partial charge < -0.3 is 5.32 Å². The number of benzene rings is 1. The smallest absolute Gasteiger partial charge is 0.384 e. The minimum Gasteiger partial charge on any atom is -0.384 e. The Kier molecular flexibility index (Phi) is 4.50. The maximum absolute atomic E-state index is 12.3. The molecule has 0 spiro atoms. The molecule has 0 bridgehead atoms. The molecule has 0 aliphatic rings. The van der Waals surface area contributed by atoms with E-state index in [1.54, 1.807) is 6.92 Å². The van der Waals surface area contributed by atoms with Crippen molar-refractivity contribution < 1.29 is 21.6 Å². The van der Waals surface area contributed by atoms with E-state index >= 15 is 0 Å². The lowest BCUT2D eigenvalue weighted by atomic mass is 10.3. The summed E-state index contributed by atoms with van der Waals surface area (Å²) in [5.41, 5.74) is -4.78. The van der Waals surface area contributed by atoms with Crippen LogP contribution in [-0.2, 0) is 9.84 Å². The molecule has 0 amide bonds. The molecule has 0 aliphatic carbocycles. The second-order valence-corrected chi connectivity index (χ2v) is 6.32. The zero-order valence-electron chi connectivity index (χ0n) is 9.33. The summed E-state index contributed by atoms with van der Waals surface area (Å²) in [6.45, 7) is 2.17. The van der Waals surface area contributed by atoms with Crippen LogP contribution in [0.1, 0.15) is 6.92 Å². The average molecular weight is 302 g/mol. The van der Waals surface area contributed by atoms with Gasteiger partial charge >= 0.3 is 5.51 Å². The molecule has 1 aromatic carbocycles. The Morgan fingerprint density at radius 2 is 1.78 bits per heavy atom. The molecule has 1 unspecified atom stereocenters. The number of halogens is 4. The highest BCUT2D eigenvalue weighted by Crippen LogP contribution is 2.30. The van der Waals surface area contributed by atoms with E-state index in [2.05, 4.69) is 5.32 Å². The predicted molar refractivity (Wildman–Crippen MR) is 63.5 cm³/mol. The highest BCUT2D eigenvalue weighted by atomic mass is 35.5. The van der Waals surface area contributed by atoms with Crippen molar-refractivity contribution in [1.82, 2.24) is 0 Å².